The highest BCUT2D eigenvalue weighted by atomic mass is 16.5. The van der Waals surface area contributed by atoms with Gasteiger partial charge in [-0.2, -0.15) is 0 Å². The van der Waals surface area contributed by atoms with E-state index >= 15 is 0 Å². The van der Waals surface area contributed by atoms with Gasteiger partial charge in [-0.3, -0.25) is 14.6 Å². The predicted octanol–water partition coefficient (Wildman–Crippen LogP) is 0.610. The minimum Gasteiger partial charge on any atom is -0.394 e. The first kappa shape index (κ1) is 23.4. The summed E-state index contributed by atoms with van der Waals surface area (Å²) in [6, 6.07) is 7.08. The molecule has 3 rings (SSSR count). The van der Waals surface area contributed by atoms with Crippen LogP contribution >= 0.6 is 0 Å². The van der Waals surface area contributed by atoms with Crippen molar-refractivity contribution in [1.29, 1.82) is 0 Å². The highest BCUT2D eigenvalue weighted by Crippen LogP contribution is 2.24. The molecule has 172 valence electrons. The molecule has 0 saturated carbocycles. The van der Waals surface area contributed by atoms with Crippen molar-refractivity contribution in [1.82, 2.24) is 20.2 Å². The molecule has 0 aliphatic carbocycles. The molecule has 1 aliphatic heterocycles. The number of pyridine rings is 2. The van der Waals surface area contributed by atoms with Crippen LogP contribution in [0, 0.1) is 0 Å². The van der Waals surface area contributed by atoms with Crippen molar-refractivity contribution in [3.8, 4) is 0 Å². The molecule has 1 fully saturated rings. The summed E-state index contributed by atoms with van der Waals surface area (Å²) in [5.41, 5.74) is 1.68. The van der Waals surface area contributed by atoms with Gasteiger partial charge in [-0.15, -0.1) is 0 Å². The standard InChI is InChI=1S/C22H30N6O4/c1-2-23-18-4-3-7-24-20(18)27-9-11-28(12-10-27)22(31)19-6-5-17(16-26-19)21(30)25-8-14-32-15-13-29/h3-7,16,23,29H,2,8-15H2,1H3,(H,25,30). The zero-order valence-electron chi connectivity index (χ0n) is 18.3. The fraction of sp³-hybridized carbons (Fsp3) is 0.455. The first-order valence-electron chi connectivity index (χ1n) is 10.8. The monoisotopic (exact) mass is 442 g/mol. The van der Waals surface area contributed by atoms with Crippen molar-refractivity contribution in [2.75, 3.05) is 69.3 Å². The van der Waals surface area contributed by atoms with E-state index in [4.69, 9.17) is 9.84 Å². The van der Waals surface area contributed by atoms with Crippen molar-refractivity contribution in [3.05, 3.63) is 47.9 Å². The summed E-state index contributed by atoms with van der Waals surface area (Å²) in [5.74, 6) is 0.461. The minimum absolute atomic E-state index is 0.0529. The van der Waals surface area contributed by atoms with E-state index in [0.29, 0.717) is 50.6 Å². The summed E-state index contributed by atoms with van der Waals surface area (Å²) in [7, 11) is 0. The number of nitrogens with zero attached hydrogens (tertiary/aromatic N) is 4. The van der Waals surface area contributed by atoms with Crippen LogP contribution in [0.3, 0.4) is 0 Å². The summed E-state index contributed by atoms with van der Waals surface area (Å²) >= 11 is 0. The highest BCUT2D eigenvalue weighted by molar-refractivity contribution is 5.96. The Morgan fingerprint density at radius 3 is 2.62 bits per heavy atom. The molecule has 32 heavy (non-hydrogen) atoms. The largest absolute Gasteiger partial charge is 0.394 e. The van der Waals surface area contributed by atoms with Gasteiger partial charge in [0.2, 0.25) is 0 Å². The number of rotatable bonds is 10. The molecule has 0 unspecified atom stereocenters. The van der Waals surface area contributed by atoms with Crippen LogP contribution in [0.5, 0.6) is 0 Å². The third kappa shape index (κ3) is 6.14. The summed E-state index contributed by atoms with van der Waals surface area (Å²) < 4.78 is 5.10. The van der Waals surface area contributed by atoms with Crippen LogP contribution in [0.15, 0.2) is 36.7 Å². The van der Waals surface area contributed by atoms with E-state index in [9.17, 15) is 9.59 Å². The first-order valence-corrected chi connectivity index (χ1v) is 10.8. The summed E-state index contributed by atoms with van der Waals surface area (Å²) in [6.45, 7) is 6.19. The maximum atomic E-state index is 12.8. The molecule has 2 aromatic heterocycles. The van der Waals surface area contributed by atoms with Gasteiger partial charge in [0, 0.05) is 51.7 Å². The van der Waals surface area contributed by atoms with Gasteiger partial charge in [0.1, 0.15) is 5.69 Å². The first-order chi connectivity index (χ1) is 15.6. The van der Waals surface area contributed by atoms with Gasteiger partial charge >= 0.3 is 0 Å². The second kappa shape index (κ2) is 12.0. The average molecular weight is 443 g/mol. The van der Waals surface area contributed by atoms with E-state index in [1.165, 1.54) is 6.20 Å². The summed E-state index contributed by atoms with van der Waals surface area (Å²) in [5, 5.41) is 14.7. The highest BCUT2D eigenvalue weighted by Gasteiger charge is 2.25. The summed E-state index contributed by atoms with van der Waals surface area (Å²) in [4.78, 5) is 37.6. The van der Waals surface area contributed by atoms with Gasteiger partial charge < -0.3 is 30.3 Å². The fourth-order valence-electron chi connectivity index (χ4n) is 3.42. The number of aromatic nitrogens is 2. The maximum absolute atomic E-state index is 12.8. The molecular weight excluding hydrogens is 412 g/mol. The number of hydrogen-bond donors (Lipinski definition) is 3. The number of ether oxygens (including phenoxy) is 1. The molecule has 0 radical (unpaired) electrons. The molecule has 2 amide bonds. The molecule has 0 spiro atoms. The number of aliphatic hydroxyl groups is 1. The third-order valence-corrected chi connectivity index (χ3v) is 5.03. The maximum Gasteiger partial charge on any atom is 0.272 e. The molecular formula is C22H30N6O4. The van der Waals surface area contributed by atoms with Crippen LogP contribution in [-0.2, 0) is 4.74 Å². The quantitative estimate of drug-likeness (QED) is 0.458. The Balaban J connectivity index is 1.51. The van der Waals surface area contributed by atoms with Crippen molar-refractivity contribution in [2.45, 2.75) is 6.92 Å². The molecule has 3 N–H and O–H groups in total. The molecule has 0 bridgehead atoms. The molecule has 10 heteroatoms. The van der Waals surface area contributed by atoms with Crippen molar-refractivity contribution in [3.63, 3.8) is 0 Å². The number of piperazine rings is 1. The van der Waals surface area contributed by atoms with Crippen LogP contribution in [0.1, 0.15) is 27.8 Å². The minimum atomic E-state index is -0.287. The van der Waals surface area contributed by atoms with Crippen LogP contribution < -0.4 is 15.5 Å². The van der Waals surface area contributed by atoms with Gasteiger partial charge in [-0.1, -0.05) is 0 Å². The lowest BCUT2D eigenvalue weighted by Crippen LogP contribution is -2.49. The van der Waals surface area contributed by atoms with Crippen molar-refractivity contribution >= 4 is 23.3 Å². The smallest absolute Gasteiger partial charge is 0.272 e. The second-order valence-electron chi connectivity index (χ2n) is 7.21. The van der Waals surface area contributed by atoms with Crippen LogP contribution in [0.25, 0.3) is 0 Å². The van der Waals surface area contributed by atoms with E-state index in [1.54, 1.807) is 23.2 Å². The number of carbonyl (C=O) groups excluding carboxylic acids is 2. The molecule has 1 saturated heterocycles. The van der Waals surface area contributed by atoms with Crippen LogP contribution in [0.4, 0.5) is 11.5 Å². The predicted molar refractivity (Wildman–Crippen MR) is 121 cm³/mol. The Kier molecular flexibility index (Phi) is 8.76. The zero-order valence-corrected chi connectivity index (χ0v) is 18.3. The van der Waals surface area contributed by atoms with Gasteiger partial charge in [0.05, 0.1) is 31.1 Å². The lowest BCUT2D eigenvalue weighted by atomic mass is 10.2. The molecule has 0 atom stereocenters. The van der Waals surface area contributed by atoms with Gasteiger partial charge in [0.25, 0.3) is 11.8 Å². The van der Waals surface area contributed by atoms with E-state index < -0.39 is 0 Å². The average Bonchev–Trinajstić information content (AvgIpc) is 2.84. The molecule has 10 nitrogen and oxygen atoms in total. The number of amides is 2. The Morgan fingerprint density at radius 1 is 1.12 bits per heavy atom. The second-order valence-corrected chi connectivity index (χ2v) is 7.21. The SMILES string of the molecule is CCNc1cccnc1N1CCN(C(=O)c2ccc(C(=O)NCCOCCO)cn2)CC1. The lowest BCUT2D eigenvalue weighted by molar-refractivity contribution is 0.0739. The number of nitrogens with one attached hydrogen (secondary N) is 2. The van der Waals surface area contributed by atoms with E-state index in [2.05, 4.69) is 25.5 Å². The van der Waals surface area contributed by atoms with Gasteiger partial charge in [0.15, 0.2) is 5.82 Å². The molecule has 3 heterocycles. The van der Waals surface area contributed by atoms with E-state index in [1.807, 2.05) is 19.1 Å². The van der Waals surface area contributed by atoms with Crippen molar-refractivity contribution in [2.24, 2.45) is 0 Å². The lowest BCUT2D eigenvalue weighted by Gasteiger charge is -2.36. The molecule has 1 aliphatic rings. The van der Waals surface area contributed by atoms with Gasteiger partial charge in [-0.05, 0) is 31.2 Å². The third-order valence-electron chi connectivity index (χ3n) is 5.03. The number of carbonyl (C=O) groups is 2. The Hall–Kier alpha value is -3.24. The van der Waals surface area contributed by atoms with Crippen molar-refractivity contribution < 1.29 is 19.4 Å². The Bertz CT molecular complexity index is 884. The Morgan fingerprint density at radius 2 is 1.94 bits per heavy atom. The number of hydrogen-bond acceptors (Lipinski definition) is 8. The Labute approximate surface area is 187 Å². The topological polar surface area (TPSA) is 120 Å². The number of aliphatic hydroxyl groups excluding tert-OH is 1. The normalized spacial score (nSPS) is 13.7. The van der Waals surface area contributed by atoms with Gasteiger partial charge in [-0.25, -0.2) is 4.98 Å². The molecule has 0 aromatic carbocycles. The fourth-order valence-corrected chi connectivity index (χ4v) is 3.42. The van der Waals surface area contributed by atoms with Crippen LogP contribution in [0.2, 0.25) is 0 Å². The number of anilines is 2. The van der Waals surface area contributed by atoms with E-state index in [0.717, 1.165) is 18.1 Å². The summed E-state index contributed by atoms with van der Waals surface area (Å²) in [6.07, 6.45) is 3.18. The zero-order chi connectivity index (χ0) is 22.8. The molecule has 2 aromatic rings. The van der Waals surface area contributed by atoms with Crippen LogP contribution in [-0.4, -0.2) is 90.9 Å². The van der Waals surface area contributed by atoms with E-state index in [-0.39, 0.29) is 25.0 Å².